The third-order valence-electron chi connectivity index (χ3n) is 3.76. The van der Waals surface area contributed by atoms with Crippen LogP contribution in [0.4, 0.5) is 0 Å². The lowest BCUT2D eigenvalue weighted by Gasteiger charge is -2.27. The lowest BCUT2D eigenvalue weighted by molar-refractivity contribution is -0.141. The number of carbonyl (C=O) groups excluding carboxylic acids is 1. The molecule has 1 fully saturated rings. The number of aliphatic hydroxyl groups is 1. The van der Waals surface area contributed by atoms with Gasteiger partial charge in [0, 0.05) is 19.1 Å². The zero-order valence-electron chi connectivity index (χ0n) is 12.1. The van der Waals surface area contributed by atoms with Crippen LogP contribution in [-0.4, -0.2) is 41.6 Å². The van der Waals surface area contributed by atoms with E-state index >= 15 is 0 Å². The van der Waals surface area contributed by atoms with Gasteiger partial charge in [-0.1, -0.05) is 37.3 Å². The molecular formula is C16H24N2O2. The molecule has 110 valence electrons. The minimum Gasteiger partial charge on any atom is -0.378 e. The standard InChI is InChI=1S/C16H24N2O2/c1-2-11-18(12-14-9-6-10-17-14)16(20)15(19)13-7-4-3-5-8-13/h3-5,7-8,14-15,17,19H,2,6,9-12H2,1H3. The SMILES string of the molecule is CCCN(CC1CCCN1)C(=O)C(O)c1ccccc1. The van der Waals surface area contributed by atoms with Crippen molar-refractivity contribution in [2.45, 2.75) is 38.3 Å². The Morgan fingerprint density at radius 2 is 2.20 bits per heavy atom. The van der Waals surface area contributed by atoms with Crippen LogP contribution in [0.3, 0.4) is 0 Å². The van der Waals surface area contributed by atoms with Crippen LogP contribution >= 0.6 is 0 Å². The quantitative estimate of drug-likeness (QED) is 0.831. The zero-order valence-corrected chi connectivity index (χ0v) is 12.1. The maximum absolute atomic E-state index is 12.5. The lowest BCUT2D eigenvalue weighted by atomic mass is 10.1. The van der Waals surface area contributed by atoms with Gasteiger partial charge in [-0.25, -0.2) is 0 Å². The molecule has 2 unspecified atom stereocenters. The summed E-state index contributed by atoms with van der Waals surface area (Å²) < 4.78 is 0. The topological polar surface area (TPSA) is 52.6 Å². The largest absolute Gasteiger partial charge is 0.378 e. The van der Waals surface area contributed by atoms with E-state index < -0.39 is 6.10 Å². The summed E-state index contributed by atoms with van der Waals surface area (Å²) in [5.41, 5.74) is 0.665. The highest BCUT2D eigenvalue weighted by Gasteiger charge is 2.26. The van der Waals surface area contributed by atoms with E-state index in [2.05, 4.69) is 12.2 Å². The molecule has 0 bridgehead atoms. The summed E-state index contributed by atoms with van der Waals surface area (Å²) >= 11 is 0. The molecule has 1 saturated heterocycles. The predicted octanol–water partition coefficient (Wildman–Crippen LogP) is 1.71. The van der Waals surface area contributed by atoms with Crippen molar-refractivity contribution >= 4 is 5.91 Å². The molecule has 0 aliphatic carbocycles. The number of hydrogen-bond acceptors (Lipinski definition) is 3. The molecule has 4 heteroatoms. The number of nitrogens with zero attached hydrogens (tertiary/aromatic N) is 1. The van der Waals surface area contributed by atoms with Crippen molar-refractivity contribution in [3.63, 3.8) is 0 Å². The summed E-state index contributed by atoms with van der Waals surface area (Å²) in [6, 6.07) is 9.52. The van der Waals surface area contributed by atoms with E-state index in [1.807, 2.05) is 18.2 Å². The molecule has 1 aliphatic rings. The number of hydrogen-bond donors (Lipinski definition) is 2. The molecule has 2 atom stereocenters. The van der Waals surface area contributed by atoms with Crippen LogP contribution in [0.15, 0.2) is 30.3 Å². The van der Waals surface area contributed by atoms with Gasteiger partial charge in [0.1, 0.15) is 0 Å². The van der Waals surface area contributed by atoms with Crippen molar-refractivity contribution in [3.8, 4) is 0 Å². The van der Waals surface area contributed by atoms with Crippen LogP contribution in [0.2, 0.25) is 0 Å². The Kier molecular flexibility index (Phi) is 5.56. The predicted molar refractivity (Wildman–Crippen MR) is 79.3 cm³/mol. The Morgan fingerprint density at radius 1 is 1.45 bits per heavy atom. The summed E-state index contributed by atoms with van der Waals surface area (Å²) in [5, 5.41) is 13.7. The molecule has 1 aliphatic heterocycles. The molecule has 2 N–H and O–H groups in total. The van der Waals surface area contributed by atoms with E-state index in [0.717, 1.165) is 19.4 Å². The molecular weight excluding hydrogens is 252 g/mol. The molecule has 0 aromatic heterocycles. The van der Waals surface area contributed by atoms with Crippen molar-refractivity contribution in [2.75, 3.05) is 19.6 Å². The summed E-state index contributed by atoms with van der Waals surface area (Å²) in [5.74, 6) is -0.188. The highest BCUT2D eigenvalue weighted by Crippen LogP contribution is 2.17. The molecule has 0 saturated carbocycles. The molecule has 1 aromatic rings. The number of carbonyl (C=O) groups is 1. The Balaban J connectivity index is 2.01. The fraction of sp³-hybridized carbons (Fsp3) is 0.562. The Hall–Kier alpha value is -1.39. The van der Waals surface area contributed by atoms with Crippen LogP contribution in [0.1, 0.15) is 37.9 Å². The number of rotatable bonds is 6. The van der Waals surface area contributed by atoms with Crippen LogP contribution in [-0.2, 0) is 4.79 Å². The number of nitrogens with one attached hydrogen (secondary N) is 1. The average molecular weight is 276 g/mol. The summed E-state index contributed by atoms with van der Waals surface area (Å²) in [7, 11) is 0. The molecule has 1 amide bonds. The fourth-order valence-electron chi connectivity index (χ4n) is 2.69. The van der Waals surface area contributed by atoms with E-state index in [-0.39, 0.29) is 5.91 Å². The first-order valence-corrected chi connectivity index (χ1v) is 7.47. The summed E-state index contributed by atoms with van der Waals surface area (Å²) in [6.45, 7) is 4.47. The van der Waals surface area contributed by atoms with Gasteiger partial charge < -0.3 is 15.3 Å². The van der Waals surface area contributed by atoms with Crippen molar-refractivity contribution in [3.05, 3.63) is 35.9 Å². The van der Waals surface area contributed by atoms with Crippen molar-refractivity contribution < 1.29 is 9.90 Å². The van der Waals surface area contributed by atoms with Crippen LogP contribution in [0.25, 0.3) is 0 Å². The molecule has 2 rings (SSSR count). The van der Waals surface area contributed by atoms with Gasteiger partial charge >= 0.3 is 0 Å². The van der Waals surface area contributed by atoms with Crippen LogP contribution < -0.4 is 5.32 Å². The van der Waals surface area contributed by atoms with Gasteiger partial charge in [0.25, 0.3) is 5.91 Å². The number of benzene rings is 1. The highest BCUT2D eigenvalue weighted by atomic mass is 16.3. The second kappa shape index (κ2) is 7.41. The smallest absolute Gasteiger partial charge is 0.256 e. The third-order valence-corrected chi connectivity index (χ3v) is 3.76. The first kappa shape index (κ1) is 15.0. The second-order valence-electron chi connectivity index (χ2n) is 5.39. The van der Waals surface area contributed by atoms with Gasteiger partial charge in [-0.15, -0.1) is 0 Å². The Labute approximate surface area is 120 Å². The monoisotopic (exact) mass is 276 g/mol. The summed E-state index contributed by atoms with van der Waals surface area (Å²) in [6.07, 6.45) is 2.12. The van der Waals surface area contributed by atoms with E-state index in [0.29, 0.717) is 24.7 Å². The van der Waals surface area contributed by atoms with E-state index in [9.17, 15) is 9.90 Å². The van der Waals surface area contributed by atoms with Gasteiger partial charge in [0.05, 0.1) is 0 Å². The van der Waals surface area contributed by atoms with Gasteiger partial charge in [-0.05, 0) is 31.4 Å². The normalized spacial score (nSPS) is 19.8. The third kappa shape index (κ3) is 3.81. The van der Waals surface area contributed by atoms with Crippen molar-refractivity contribution in [1.82, 2.24) is 10.2 Å². The van der Waals surface area contributed by atoms with E-state index in [4.69, 9.17) is 0 Å². The van der Waals surface area contributed by atoms with Gasteiger partial charge in [0.15, 0.2) is 6.10 Å². The van der Waals surface area contributed by atoms with Gasteiger partial charge in [-0.3, -0.25) is 4.79 Å². The summed E-state index contributed by atoms with van der Waals surface area (Å²) in [4.78, 5) is 14.3. The molecule has 0 spiro atoms. The van der Waals surface area contributed by atoms with E-state index in [1.54, 1.807) is 17.0 Å². The first-order valence-electron chi connectivity index (χ1n) is 7.47. The molecule has 1 aromatic carbocycles. The molecule has 20 heavy (non-hydrogen) atoms. The molecule has 1 heterocycles. The maximum Gasteiger partial charge on any atom is 0.256 e. The fourth-order valence-corrected chi connectivity index (χ4v) is 2.69. The lowest BCUT2D eigenvalue weighted by Crippen LogP contribution is -2.43. The Bertz CT molecular complexity index is 416. The molecule has 4 nitrogen and oxygen atoms in total. The molecule has 0 radical (unpaired) electrons. The van der Waals surface area contributed by atoms with Crippen LogP contribution in [0, 0.1) is 0 Å². The van der Waals surface area contributed by atoms with Crippen molar-refractivity contribution in [2.24, 2.45) is 0 Å². The number of amides is 1. The average Bonchev–Trinajstić information content (AvgIpc) is 2.99. The number of aliphatic hydroxyl groups excluding tert-OH is 1. The highest BCUT2D eigenvalue weighted by molar-refractivity contribution is 5.82. The minimum atomic E-state index is -1.05. The maximum atomic E-state index is 12.5. The van der Waals surface area contributed by atoms with E-state index in [1.165, 1.54) is 6.42 Å². The van der Waals surface area contributed by atoms with Gasteiger partial charge in [0.2, 0.25) is 0 Å². The van der Waals surface area contributed by atoms with Crippen molar-refractivity contribution in [1.29, 1.82) is 0 Å². The minimum absolute atomic E-state index is 0.188. The zero-order chi connectivity index (χ0) is 14.4. The Morgan fingerprint density at radius 3 is 2.80 bits per heavy atom. The first-order chi connectivity index (χ1) is 9.72. The second-order valence-corrected chi connectivity index (χ2v) is 5.39. The van der Waals surface area contributed by atoms with Gasteiger partial charge in [-0.2, -0.15) is 0 Å². The van der Waals surface area contributed by atoms with Crippen LogP contribution in [0.5, 0.6) is 0 Å².